The molecule has 0 N–H and O–H groups in total. The normalized spacial score (nSPS) is 17.8. The van der Waals surface area contributed by atoms with Crippen molar-refractivity contribution in [3.63, 3.8) is 0 Å². The van der Waals surface area contributed by atoms with Crippen LogP contribution in [0.15, 0.2) is 48.5 Å². The highest BCUT2D eigenvalue weighted by atomic mass is 16.5. The first kappa shape index (κ1) is 24.3. The summed E-state index contributed by atoms with van der Waals surface area (Å²) < 4.78 is 22.3. The average Bonchev–Trinajstić information content (AvgIpc) is 3.45. The fraction of sp³-hybridized carbons (Fsp3) is 0.429. The van der Waals surface area contributed by atoms with Gasteiger partial charge >= 0.3 is 0 Å². The Morgan fingerprint density at radius 1 is 1.06 bits per heavy atom. The average molecular weight is 492 g/mol. The lowest BCUT2D eigenvalue weighted by molar-refractivity contribution is 0.0507. The van der Waals surface area contributed by atoms with Crippen LogP contribution < -0.4 is 14.4 Å². The zero-order valence-corrected chi connectivity index (χ0v) is 20.9. The molecule has 1 unspecified atom stereocenters. The highest BCUT2D eigenvalue weighted by Gasteiger charge is 2.26. The van der Waals surface area contributed by atoms with Gasteiger partial charge in [-0.05, 0) is 49.2 Å². The first-order valence-electron chi connectivity index (χ1n) is 12.5. The summed E-state index contributed by atoms with van der Waals surface area (Å²) in [5.74, 6) is 2.26. The van der Waals surface area contributed by atoms with Gasteiger partial charge in [0, 0.05) is 55.4 Å². The van der Waals surface area contributed by atoms with E-state index in [-0.39, 0.29) is 12.0 Å². The summed E-state index contributed by atoms with van der Waals surface area (Å²) in [6.45, 7) is 4.51. The lowest BCUT2D eigenvalue weighted by Gasteiger charge is -2.32. The number of ether oxygens (including phenoxy) is 4. The quantitative estimate of drug-likeness (QED) is 0.473. The van der Waals surface area contributed by atoms with Crippen LogP contribution in [0.2, 0.25) is 0 Å². The maximum atomic E-state index is 13.8. The third-order valence-electron chi connectivity index (χ3n) is 6.80. The van der Waals surface area contributed by atoms with E-state index in [1.165, 1.54) is 0 Å². The van der Waals surface area contributed by atoms with Gasteiger partial charge in [-0.3, -0.25) is 4.79 Å². The SMILES string of the molecule is COc1cccc(C(=O)N(Cc2cc3ccc(OC)cc3nc2N2CCOCC2)CC2CCCO2)c1. The third kappa shape index (κ3) is 5.39. The summed E-state index contributed by atoms with van der Waals surface area (Å²) in [5.41, 5.74) is 2.46. The number of morpholine rings is 1. The smallest absolute Gasteiger partial charge is 0.254 e. The molecule has 8 nitrogen and oxygen atoms in total. The summed E-state index contributed by atoms with van der Waals surface area (Å²) in [5, 5.41) is 1.01. The first-order chi connectivity index (χ1) is 17.6. The van der Waals surface area contributed by atoms with Crippen LogP contribution in [0, 0.1) is 0 Å². The molecule has 190 valence electrons. The van der Waals surface area contributed by atoms with Crippen molar-refractivity contribution < 1.29 is 23.7 Å². The van der Waals surface area contributed by atoms with E-state index in [1.807, 2.05) is 41.3 Å². The Morgan fingerprint density at radius 3 is 2.61 bits per heavy atom. The molecule has 1 aromatic heterocycles. The number of nitrogens with zero attached hydrogens (tertiary/aromatic N) is 3. The molecule has 0 aliphatic carbocycles. The van der Waals surface area contributed by atoms with Gasteiger partial charge < -0.3 is 28.7 Å². The molecule has 0 saturated carbocycles. The van der Waals surface area contributed by atoms with E-state index in [4.69, 9.17) is 23.9 Å². The molecule has 2 aromatic carbocycles. The van der Waals surface area contributed by atoms with Crippen molar-refractivity contribution in [3.05, 3.63) is 59.7 Å². The second-order valence-electron chi connectivity index (χ2n) is 9.18. The van der Waals surface area contributed by atoms with Crippen LogP contribution in [0.4, 0.5) is 5.82 Å². The van der Waals surface area contributed by atoms with E-state index < -0.39 is 0 Å². The lowest BCUT2D eigenvalue weighted by Crippen LogP contribution is -2.40. The minimum Gasteiger partial charge on any atom is -0.497 e. The number of fused-ring (bicyclic) bond motifs is 1. The van der Waals surface area contributed by atoms with Gasteiger partial charge in [0.05, 0.1) is 39.1 Å². The highest BCUT2D eigenvalue weighted by Crippen LogP contribution is 2.29. The molecule has 0 radical (unpaired) electrons. The van der Waals surface area contributed by atoms with E-state index in [9.17, 15) is 4.79 Å². The Balaban J connectivity index is 1.53. The number of anilines is 1. The highest BCUT2D eigenvalue weighted by molar-refractivity contribution is 5.95. The van der Waals surface area contributed by atoms with Crippen molar-refractivity contribution in [2.45, 2.75) is 25.5 Å². The fourth-order valence-corrected chi connectivity index (χ4v) is 4.87. The number of hydrogen-bond acceptors (Lipinski definition) is 7. The molecular formula is C28H33N3O5. The number of carbonyl (C=O) groups excluding carboxylic acids is 1. The number of pyridine rings is 1. The van der Waals surface area contributed by atoms with Gasteiger partial charge in [-0.2, -0.15) is 0 Å². The molecule has 2 aliphatic rings. The van der Waals surface area contributed by atoms with Crippen LogP contribution >= 0.6 is 0 Å². The molecule has 2 saturated heterocycles. The largest absolute Gasteiger partial charge is 0.497 e. The van der Waals surface area contributed by atoms with Crippen molar-refractivity contribution in [1.82, 2.24) is 9.88 Å². The van der Waals surface area contributed by atoms with Crippen molar-refractivity contribution >= 4 is 22.6 Å². The van der Waals surface area contributed by atoms with Crippen molar-refractivity contribution in [1.29, 1.82) is 0 Å². The van der Waals surface area contributed by atoms with Crippen LogP contribution in [0.1, 0.15) is 28.8 Å². The van der Waals surface area contributed by atoms with E-state index in [0.29, 0.717) is 37.6 Å². The predicted molar refractivity (Wildman–Crippen MR) is 138 cm³/mol. The van der Waals surface area contributed by atoms with Gasteiger partial charge in [0.1, 0.15) is 17.3 Å². The van der Waals surface area contributed by atoms with Crippen LogP contribution in [-0.2, 0) is 16.0 Å². The zero-order chi connectivity index (χ0) is 24.9. The lowest BCUT2D eigenvalue weighted by atomic mass is 10.1. The number of carbonyl (C=O) groups is 1. The third-order valence-corrected chi connectivity index (χ3v) is 6.80. The van der Waals surface area contributed by atoms with E-state index >= 15 is 0 Å². The van der Waals surface area contributed by atoms with E-state index in [2.05, 4.69) is 11.0 Å². The molecule has 1 amide bonds. The predicted octanol–water partition coefficient (Wildman–Crippen LogP) is 3.91. The molecule has 3 heterocycles. The minimum absolute atomic E-state index is 0.0315. The van der Waals surface area contributed by atoms with Gasteiger partial charge in [-0.15, -0.1) is 0 Å². The fourth-order valence-electron chi connectivity index (χ4n) is 4.87. The standard InChI is InChI=1S/C28H33N3O5/c1-33-23-6-3-5-21(16-23)28(32)31(19-25-7-4-12-36-25)18-22-15-20-8-9-24(34-2)17-26(20)29-27(22)30-10-13-35-14-11-30/h3,5-6,8-9,15-17,25H,4,7,10-14,18-19H2,1-2H3. The molecule has 3 aromatic rings. The number of hydrogen-bond donors (Lipinski definition) is 0. The van der Waals surface area contributed by atoms with Crippen LogP contribution in [-0.4, -0.2) is 75.6 Å². The summed E-state index contributed by atoms with van der Waals surface area (Å²) in [4.78, 5) is 23.0. The van der Waals surface area contributed by atoms with Crippen molar-refractivity contribution in [3.8, 4) is 11.5 Å². The monoisotopic (exact) mass is 491 g/mol. The number of amides is 1. The molecule has 5 rings (SSSR count). The maximum Gasteiger partial charge on any atom is 0.254 e. The Labute approximate surface area is 211 Å². The molecule has 36 heavy (non-hydrogen) atoms. The Kier molecular flexibility index (Phi) is 7.53. The number of rotatable bonds is 8. The first-order valence-corrected chi connectivity index (χ1v) is 12.5. The van der Waals surface area contributed by atoms with E-state index in [1.54, 1.807) is 20.3 Å². The zero-order valence-electron chi connectivity index (χ0n) is 20.9. The van der Waals surface area contributed by atoms with Crippen LogP contribution in [0.3, 0.4) is 0 Å². The minimum atomic E-state index is -0.0489. The number of benzene rings is 2. The molecule has 0 spiro atoms. The molecule has 0 bridgehead atoms. The summed E-state index contributed by atoms with van der Waals surface area (Å²) in [7, 11) is 3.27. The Bertz CT molecular complexity index is 1210. The van der Waals surface area contributed by atoms with Gasteiger partial charge in [0.25, 0.3) is 5.91 Å². The molecular weight excluding hydrogens is 458 g/mol. The topological polar surface area (TPSA) is 73.4 Å². The Morgan fingerprint density at radius 2 is 1.86 bits per heavy atom. The second kappa shape index (κ2) is 11.1. The van der Waals surface area contributed by atoms with Gasteiger partial charge in [0.2, 0.25) is 0 Å². The van der Waals surface area contributed by atoms with Crippen LogP contribution in [0.5, 0.6) is 11.5 Å². The Hall–Kier alpha value is -3.36. The number of aromatic nitrogens is 1. The maximum absolute atomic E-state index is 13.8. The van der Waals surface area contributed by atoms with Gasteiger partial charge in [-0.25, -0.2) is 4.98 Å². The molecule has 2 aliphatic heterocycles. The van der Waals surface area contributed by atoms with Gasteiger partial charge in [-0.1, -0.05) is 6.07 Å². The molecule has 2 fully saturated rings. The van der Waals surface area contributed by atoms with Crippen LogP contribution in [0.25, 0.3) is 10.9 Å². The molecule has 8 heteroatoms. The summed E-state index contributed by atoms with van der Waals surface area (Å²) in [6.07, 6.45) is 2.00. The number of methoxy groups -OCH3 is 2. The van der Waals surface area contributed by atoms with Crippen molar-refractivity contribution in [2.24, 2.45) is 0 Å². The van der Waals surface area contributed by atoms with Gasteiger partial charge in [0.15, 0.2) is 0 Å². The summed E-state index contributed by atoms with van der Waals surface area (Å²) in [6, 6.07) is 15.4. The van der Waals surface area contributed by atoms with Crippen molar-refractivity contribution in [2.75, 3.05) is 58.6 Å². The van der Waals surface area contributed by atoms with E-state index in [0.717, 1.165) is 60.6 Å². The molecule has 1 atom stereocenters. The second-order valence-corrected chi connectivity index (χ2v) is 9.18. The summed E-state index contributed by atoms with van der Waals surface area (Å²) >= 11 is 0.